The molecule has 2 fully saturated rings. The van der Waals surface area contributed by atoms with Crippen LogP contribution >= 0.6 is 0 Å². The number of hydrazine groups is 1. The number of nitrogens with one attached hydrogen (secondary N) is 2. The zero-order valence-electron chi connectivity index (χ0n) is 13.1. The number of Topliss-reactive ketones (excluding diaryl/α,β-unsaturated/α-hetero) is 1. The highest BCUT2D eigenvalue weighted by Crippen LogP contribution is 2.60. The normalized spacial score (nSPS) is 27.7. The number of ketones is 1. The van der Waals surface area contributed by atoms with Crippen LogP contribution in [0.4, 0.5) is 11.4 Å². The van der Waals surface area contributed by atoms with Gasteiger partial charge in [0, 0.05) is 17.5 Å². The Morgan fingerprint density at radius 3 is 2.48 bits per heavy atom. The van der Waals surface area contributed by atoms with Crippen LogP contribution in [0, 0.1) is 26.9 Å². The molecule has 1 aromatic rings. The molecule has 2 N–H and O–H groups in total. The van der Waals surface area contributed by atoms with Crippen LogP contribution in [0.15, 0.2) is 24.3 Å². The highest BCUT2D eigenvalue weighted by Gasteiger charge is 2.65. The van der Waals surface area contributed by atoms with Crippen LogP contribution in [0.2, 0.25) is 0 Å². The van der Waals surface area contributed by atoms with Crippen molar-refractivity contribution < 1.29 is 14.5 Å². The Bertz CT molecular complexity index is 683. The lowest BCUT2D eigenvalue weighted by Crippen LogP contribution is -2.48. The van der Waals surface area contributed by atoms with Crippen LogP contribution in [0.1, 0.15) is 33.1 Å². The van der Waals surface area contributed by atoms with Crippen molar-refractivity contribution >= 4 is 23.1 Å². The van der Waals surface area contributed by atoms with Gasteiger partial charge in [0.1, 0.15) is 5.41 Å². The van der Waals surface area contributed by atoms with Crippen LogP contribution in [0.25, 0.3) is 0 Å². The Kier molecular flexibility index (Phi) is 3.39. The molecule has 2 aliphatic rings. The van der Waals surface area contributed by atoms with E-state index in [-0.39, 0.29) is 23.3 Å². The van der Waals surface area contributed by atoms with Crippen LogP contribution in [0.3, 0.4) is 0 Å². The van der Waals surface area contributed by atoms with E-state index in [1.165, 1.54) is 24.3 Å². The second-order valence-electron chi connectivity index (χ2n) is 6.96. The van der Waals surface area contributed by atoms with Crippen molar-refractivity contribution in [1.29, 1.82) is 0 Å². The highest BCUT2D eigenvalue weighted by atomic mass is 16.6. The quantitative estimate of drug-likeness (QED) is 0.504. The molecule has 2 aliphatic carbocycles. The number of carbonyl (C=O) groups excluding carboxylic acids is 2. The van der Waals surface area contributed by atoms with Gasteiger partial charge in [0.2, 0.25) is 0 Å². The van der Waals surface area contributed by atoms with E-state index in [9.17, 15) is 19.7 Å². The summed E-state index contributed by atoms with van der Waals surface area (Å²) in [7, 11) is 0. The first-order valence-electron chi connectivity index (χ1n) is 7.63. The fraction of sp³-hybridized carbons (Fsp3) is 0.500. The van der Waals surface area contributed by atoms with Gasteiger partial charge in [-0.3, -0.25) is 30.6 Å². The van der Waals surface area contributed by atoms with Gasteiger partial charge in [0.15, 0.2) is 5.78 Å². The number of benzene rings is 1. The number of amides is 1. The summed E-state index contributed by atoms with van der Waals surface area (Å²) in [4.78, 5) is 35.3. The zero-order chi connectivity index (χ0) is 16.8. The first-order valence-corrected chi connectivity index (χ1v) is 7.63. The van der Waals surface area contributed by atoms with Gasteiger partial charge in [-0.25, -0.2) is 0 Å². The Hall–Kier alpha value is -2.44. The summed E-state index contributed by atoms with van der Waals surface area (Å²) in [6.07, 6.45) is 2.09. The van der Waals surface area contributed by atoms with Gasteiger partial charge in [-0.2, -0.15) is 0 Å². The van der Waals surface area contributed by atoms with Gasteiger partial charge in [-0.1, -0.05) is 13.8 Å². The highest BCUT2D eigenvalue weighted by molar-refractivity contribution is 6.11. The van der Waals surface area contributed by atoms with Gasteiger partial charge in [0.25, 0.3) is 11.6 Å². The van der Waals surface area contributed by atoms with Crippen molar-refractivity contribution in [3.8, 4) is 0 Å². The van der Waals surface area contributed by atoms with E-state index in [1.54, 1.807) is 0 Å². The summed E-state index contributed by atoms with van der Waals surface area (Å²) in [5.41, 5.74) is 4.47. The molecule has 7 heteroatoms. The lowest BCUT2D eigenvalue weighted by atomic mass is 9.70. The summed E-state index contributed by atoms with van der Waals surface area (Å²) in [5, 5.41) is 10.6. The van der Waals surface area contributed by atoms with E-state index in [0.717, 1.165) is 6.42 Å². The van der Waals surface area contributed by atoms with Crippen LogP contribution in [0.5, 0.6) is 0 Å². The SMILES string of the molecule is CC1(C)C(=O)C2(C(=O)NNc3ccc([N+](=O)[O-])cc3)CCC1C2. The molecule has 2 atom stereocenters. The number of nitro groups is 1. The summed E-state index contributed by atoms with van der Waals surface area (Å²) in [5.74, 6) is -0.0293. The third-order valence-corrected chi connectivity index (χ3v) is 5.39. The van der Waals surface area contributed by atoms with E-state index in [0.29, 0.717) is 18.5 Å². The standard InChI is InChI=1S/C16H19N3O4/c1-15(2)10-7-8-16(9-10,13(15)20)14(21)18-17-11-3-5-12(6-4-11)19(22)23/h3-6,10,17H,7-9H2,1-2H3,(H,18,21). The molecule has 0 aromatic heterocycles. The molecule has 1 amide bonds. The van der Waals surface area contributed by atoms with E-state index < -0.39 is 15.8 Å². The first kappa shape index (κ1) is 15.5. The largest absolute Gasteiger partial charge is 0.299 e. The maximum Gasteiger partial charge on any atom is 0.269 e. The molecule has 122 valence electrons. The van der Waals surface area contributed by atoms with Crippen molar-refractivity contribution in [3.63, 3.8) is 0 Å². The Labute approximate surface area is 133 Å². The van der Waals surface area contributed by atoms with Gasteiger partial charge in [-0.15, -0.1) is 0 Å². The molecule has 0 heterocycles. The van der Waals surface area contributed by atoms with Crippen molar-refractivity contribution in [2.24, 2.45) is 16.7 Å². The van der Waals surface area contributed by atoms with Crippen LogP contribution in [-0.2, 0) is 9.59 Å². The number of nitrogens with zero attached hydrogens (tertiary/aromatic N) is 1. The summed E-state index contributed by atoms with van der Waals surface area (Å²) >= 11 is 0. The smallest absolute Gasteiger partial charge is 0.269 e. The number of non-ortho nitro benzene ring substituents is 1. The zero-order valence-corrected chi connectivity index (χ0v) is 13.1. The van der Waals surface area contributed by atoms with Crippen molar-refractivity contribution in [1.82, 2.24) is 5.43 Å². The average molecular weight is 317 g/mol. The summed E-state index contributed by atoms with van der Waals surface area (Å²) in [6.45, 7) is 3.83. The molecular weight excluding hydrogens is 298 g/mol. The van der Waals surface area contributed by atoms with E-state index in [2.05, 4.69) is 10.9 Å². The summed E-state index contributed by atoms with van der Waals surface area (Å²) < 4.78 is 0. The van der Waals surface area contributed by atoms with Gasteiger partial charge in [-0.05, 0) is 37.3 Å². The fourth-order valence-corrected chi connectivity index (χ4v) is 3.89. The lowest BCUT2D eigenvalue weighted by Gasteiger charge is -2.32. The minimum Gasteiger partial charge on any atom is -0.299 e. The van der Waals surface area contributed by atoms with Crippen LogP contribution in [-0.4, -0.2) is 16.6 Å². The van der Waals surface area contributed by atoms with Crippen LogP contribution < -0.4 is 10.9 Å². The number of carbonyl (C=O) groups is 2. The van der Waals surface area contributed by atoms with E-state index in [4.69, 9.17) is 0 Å². The number of nitro benzene ring substituents is 1. The fourth-order valence-electron chi connectivity index (χ4n) is 3.89. The number of hydrogen-bond donors (Lipinski definition) is 2. The number of fused-ring (bicyclic) bond motifs is 2. The monoisotopic (exact) mass is 317 g/mol. The average Bonchev–Trinajstić information content (AvgIpc) is 3.05. The molecule has 1 aromatic carbocycles. The Morgan fingerprint density at radius 2 is 1.96 bits per heavy atom. The maximum atomic E-state index is 12.6. The molecule has 0 saturated heterocycles. The molecule has 0 spiro atoms. The first-order chi connectivity index (χ1) is 10.8. The summed E-state index contributed by atoms with van der Waals surface area (Å²) in [6, 6.07) is 5.71. The van der Waals surface area contributed by atoms with Crippen molar-refractivity contribution in [2.75, 3.05) is 5.43 Å². The predicted molar refractivity (Wildman–Crippen MR) is 83.4 cm³/mol. The van der Waals surface area contributed by atoms with Gasteiger partial charge in [0.05, 0.1) is 10.6 Å². The maximum absolute atomic E-state index is 12.6. The Morgan fingerprint density at radius 1 is 1.30 bits per heavy atom. The van der Waals surface area contributed by atoms with Crippen molar-refractivity contribution in [3.05, 3.63) is 34.4 Å². The van der Waals surface area contributed by atoms with Gasteiger partial charge < -0.3 is 0 Å². The van der Waals surface area contributed by atoms with E-state index >= 15 is 0 Å². The molecule has 3 rings (SSSR count). The number of anilines is 1. The minimum atomic E-state index is -0.929. The molecule has 7 nitrogen and oxygen atoms in total. The molecule has 23 heavy (non-hydrogen) atoms. The number of hydrogen-bond acceptors (Lipinski definition) is 5. The molecule has 0 aliphatic heterocycles. The second kappa shape index (κ2) is 5.04. The van der Waals surface area contributed by atoms with E-state index in [1.807, 2.05) is 13.8 Å². The van der Waals surface area contributed by atoms with Crippen molar-refractivity contribution in [2.45, 2.75) is 33.1 Å². The Balaban J connectivity index is 1.68. The predicted octanol–water partition coefficient (Wildman–Crippen LogP) is 2.43. The molecule has 2 unspecified atom stereocenters. The third kappa shape index (κ3) is 2.27. The van der Waals surface area contributed by atoms with Gasteiger partial charge >= 0.3 is 0 Å². The molecule has 2 saturated carbocycles. The topological polar surface area (TPSA) is 101 Å². The third-order valence-electron chi connectivity index (χ3n) is 5.39. The molecular formula is C16H19N3O4. The lowest BCUT2D eigenvalue weighted by molar-refractivity contribution is -0.384. The molecule has 0 radical (unpaired) electrons. The minimum absolute atomic E-state index is 0.0178. The number of rotatable bonds is 4. The second-order valence-corrected chi connectivity index (χ2v) is 6.96. The molecule has 2 bridgehead atoms.